The van der Waals surface area contributed by atoms with Gasteiger partial charge in [0.25, 0.3) is 6.01 Å². The highest BCUT2D eigenvalue weighted by Gasteiger charge is 2.48. The Kier molecular flexibility index (Phi) is 4.96. The van der Waals surface area contributed by atoms with Crippen molar-refractivity contribution in [1.82, 2.24) is 4.98 Å². The third-order valence-corrected chi connectivity index (χ3v) is 5.58. The van der Waals surface area contributed by atoms with Gasteiger partial charge in [-0.25, -0.2) is 0 Å². The van der Waals surface area contributed by atoms with Crippen molar-refractivity contribution < 1.29 is 17.6 Å². The molecule has 0 amide bonds. The molecule has 0 bridgehead atoms. The van der Waals surface area contributed by atoms with E-state index < -0.39 is 18.0 Å². The highest BCUT2D eigenvalue weighted by molar-refractivity contribution is 5.65. The lowest BCUT2D eigenvalue weighted by atomic mass is 9.69. The van der Waals surface area contributed by atoms with E-state index in [4.69, 9.17) is 4.42 Å². The lowest BCUT2D eigenvalue weighted by Gasteiger charge is -2.34. The summed E-state index contributed by atoms with van der Waals surface area (Å²) in [5, 5.41) is 3.18. The molecule has 0 spiro atoms. The number of hydrogen-bond donors (Lipinski definition) is 1. The molecule has 30 heavy (non-hydrogen) atoms. The molecule has 1 atom stereocenters. The Balaban J connectivity index is 1.81. The Morgan fingerprint density at radius 2 is 1.73 bits per heavy atom. The number of oxazole rings is 1. The van der Waals surface area contributed by atoms with Crippen molar-refractivity contribution in [2.24, 2.45) is 0 Å². The van der Waals surface area contributed by atoms with Gasteiger partial charge in [-0.05, 0) is 50.0 Å². The fourth-order valence-corrected chi connectivity index (χ4v) is 4.40. The maximum Gasteiger partial charge on any atom is 0.390 e. The van der Waals surface area contributed by atoms with E-state index in [1.165, 1.54) is 0 Å². The third kappa shape index (κ3) is 3.74. The molecule has 1 N–H and O–H groups in total. The molecule has 3 aromatic rings. The molecule has 1 heterocycles. The highest BCUT2D eigenvalue weighted by atomic mass is 19.4. The molecule has 0 aliphatic heterocycles. The summed E-state index contributed by atoms with van der Waals surface area (Å²) in [5.74, 6) is 0.360. The van der Waals surface area contributed by atoms with Crippen LogP contribution in [0.2, 0.25) is 0 Å². The van der Waals surface area contributed by atoms with E-state index in [1.54, 1.807) is 42.5 Å². The third-order valence-electron chi connectivity index (χ3n) is 5.58. The Bertz CT molecular complexity index is 1080. The molecule has 156 valence electrons. The van der Waals surface area contributed by atoms with Crippen LogP contribution < -0.4 is 5.32 Å². The minimum atomic E-state index is -4.35. The molecule has 1 aliphatic carbocycles. The van der Waals surface area contributed by atoms with Crippen LogP contribution >= 0.6 is 0 Å². The Morgan fingerprint density at radius 3 is 2.37 bits per heavy atom. The van der Waals surface area contributed by atoms with Gasteiger partial charge in [0.2, 0.25) is 0 Å². The first-order valence-corrected chi connectivity index (χ1v) is 9.83. The number of aromatic nitrogens is 1. The van der Waals surface area contributed by atoms with Crippen molar-refractivity contribution in [3.05, 3.63) is 82.2 Å². The minimum Gasteiger partial charge on any atom is -0.424 e. The van der Waals surface area contributed by atoms with Crippen LogP contribution in [-0.4, -0.2) is 11.2 Å². The average molecular weight is 412 g/mol. The summed E-state index contributed by atoms with van der Waals surface area (Å²) in [5.41, 5.74) is 3.61. The smallest absolute Gasteiger partial charge is 0.390 e. The maximum absolute atomic E-state index is 13.7. The standard InChI is InChI=1S/C24H23F3N2O/c1-15-12-16(2)20(17(3)13-15)28-22-29-21-19(30-22)10-7-11-23(21,14-24(25,26)27)18-8-5-4-6-9-18/h4-10,12-13H,11,14H2,1-3H3,(H,28,29). The normalized spacial score (nSPS) is 18.3. The summed E-state index contributed by atoms with van der Waals surface area (Å²) in [7, 11) is 0. The van der Waals surface area contributed by atoms with Gasteiger partial charge in [0.1, 0.15) is 0 Å². The van der Waals surface area contributed by atoms with Crippen molar-refractivity contribution in [3.63, 3.8) is 0 Å². The number of benzene rings is 2. The molecule has 1 unspecified atom stereocenters. The summed E-state index contributed by atoms with van der Waals surface area (Å²) in [6.45, 7) is 5.97. The van der Waals surface area contributed by atoms with Crippen LogP contribution in [-0.2, 0) is 5.41 Å². The van der Waals surface area contributed by atoms with Crippen LogP contribution in [0.15, 0.2) is 53.0 Å². The Morgan fingerprint density at radius 1 is 1.07 bits per heavy atom. The molecule has 0 saturated carbocycles. The molecule has 0 fully saturated rings. The van der Waals surface area contributed by atoms with Crippen molar-refractivity contribution >= 4 is 17.8 Å². The number of anilines is 2. The summed E-state index contributed by atoms with van der Waals surface area (Å²) in [4.78, 5) is 4.54. The largest absolute Gasteiger partial charge is 0.424 e. The quantitative estimate of drug-likeness (QED) is 0.501. The number of allylic oxidation sites excluding steroid dienone is 1. The number of nitrogens with zero attached hydrogens (tertiary/aromatic N) is 1. The topological polar surface area (TPSA) is 38.1 Å². The molecule has 4 rings (SSSR count). The lowest BCUT2D eigenvalue weighted by molar-refractivity contribution is -0.145. The maximum atomic E-state index is 13.7. The van der Waals surface area contributed by atoms with Gasteiger partial charge in [0.05, 0.1) is 17.5 Å². The van der Waals surface area contributed by atoms with Crippen molar-refractivity contribution in [2.75, 3.05) is 5.32 Å². The van der Waals surface area contributed by atoms with E-state index in [0.29, 0.717) is 17.0 Å². The monoisotopic (exact) mass is 412 g/mol. The Hall–Kier alpha value is -3.02. The van der Waals surface area contributed by atoms with Crippen LogP contribution in [0, 0.1) is 20.8 Å². The first-order valence-electron chi connectivity index (χ1n) is 9.83. The number of aryl methyl sites for hydroxylation is 3. The predicted molar refractivity (Wildman–Crippen MR) is 112 cm³/mol. The average Bonchev–Trinajstić information content (AvgIpc) is 3.08. The molecule has 3 nitrogen and oxygen atoms in total. The molecule has 0 radical (unpaired) electrons. The fourth-order valence-electron chi connectivity index (χ4n) is 4.40. The van der Waals surface area contributed by atoms with Gasteiger partial charge in [0, 0.05) is 5.69 Å². The van der Waals surface area contributed by atoms with Gasteiger partial charge in [-0.15, -0.1) is 0 Å². The minimum absolute atomic E-state index is 0.198. The zero-order valence-corrected chi connectivity index (χ0v) is 17.1. The first-order chi connectivity index (χ1) is 14.2. The zero-order valence-electron chi connectivity index (χ0n) is 17.1. The summed E-state index contributed by atoms with van der Waals surface area (Å²) in [6, 6.07) is 13.0. The molecule has 0 saturated heterocycles. The zero-order chi connectivity index (χ0) is 21.5. The van der Waals surface area contributed by atoms with Crippen LogP contribution in [0.1, 0.15) is 46.5 Å². The van der Waals surface area contributed by atoms with Crippen molar-refractivity contribution in [3.8, 4) is 0 Å². The van der Waals surface area contributed by atoms with E-state index in [9.17, 15) is 13.2 Å². The number of hydrogen-bond acceptors (Lipinski definition) is 3. The van der Waals surface area contributed by atoms with E-state index in [0.717, 1.165) is 22.4 Å². The molecular formula is C24H23F3N2O. The van der Waals surface area contributed by atoms with E-state index in [1.807, 2.05) is 32.9 Å². The molecule has 1 aromatic heterocycles. The number of fused-ring (bicyclic) bond motifs is 1. The van der Waals surface area contributed by atoms with Gasteiger partial charge in [0.15, 0.2) is 5.76 Å². The van der Waals surface area contributed by atoms with E-state index in [-0.39, 0.29) is 12.4 Å². The van der Waals surface area contributed by atoms with Crippen LogP contribution in [0.5, 0.6) is 0 Å². The summed E-state index contributed by atoms with van der Waals surface area (Å²) >= 11 is 0. The van der Waals surface area contributed by atoms with Crippen LogP contribution in [0.4, 0.5) is 24.9 Å². The lowest BCUT2D eigenvalue weighted by Crippen LogP contribution is -2.35. The second kappa shape index (κ2) is 7.35. The number of halogens is 3. The first kappa shape index (κ1) is 20.3. The number of rotatable bonds is 4. The SMILES string of the molecule is Cc1cc(C)c(Nc2nc3c(o2)C=CCC3(CC(F)(F)F)c2ccccc2)c(C)c1. The molecular weight excluding hydrogens is 389 g/mol. The second-order valence-electron chi connectivity index (χ2n) is 7.98. The summed E-state index contributed by atoms with van der Waals surface area (Å²) in [6.07, 6.45) is -1.71. The van der Waals surface area contributed by atoms with Gasteiger partial charge < -0.3 is 9.73 Å². The molecule has 2 aromatic carbocycles. The predicted octanol–water partition coefficient (Wildman–Crippen LogP) is 7.00. The number of alkyl halides is 3. The van der Waals surface area contributed by atoms with Crippen LogP contribution in [0.25, 0.3) is 6.08 Å². The van der Waals surface area contributed by atoms with Crippen molar-refractivity contribution in [1.29, 1.82) is 0 Å². The second-order valence-corrected chi connectivity index (χ2v) is 7.98. The highest BCUT2D eigenvalue weighted by Crippen LogP contribution is 2.48. The van der Waals surface area contributed by atoms with E-state index in [2.05, 4.69) is 10.3 Å². The Labute approximate surface area is 173 Å². The van der Waals surface area contributed by atoms with Gasteiger partial charge in [-0.3, -0.25) is 0 Å². The van der Waals surface area contributed by atoms with Crippen molar-refractivity contribution in [2.45, 2.75) is 45.2 Å². The van der Waals surface area contributed by atoms with Gasteiger partial charge >= 0.3 is 6.18 Å². The fraction of sp³-hybridized carbons (Fsp3) is 0.292. The number of nitrogens with one attached hydrogen (secondary N) is 1. The van der Waals surface area contributed by atoms with E-state index >= 15 is 0 Å². The summed E-state index contributed by atoms with van der Waals surface area (Å²) < 4.78 is 46.9. The van der Waals surface area contributed by atoms with Crippen LogP contribution in [0.3, 0.4) is 0 Å². The van der Waals surface area contributed by atoms with Gasteiger partial charge in [-0.2, -0.15) is 18.2 Å². The van der Waals surface area contributed by atoms with Gasteiger partial charge in [-0.1, -0.05) is 54.1 Å². The molecule has 1 aliphatic rings. The molecule has 6 heteroatoms.